The third-order valence-corrected chi connectivity index (χ3v) is 4.53. The molecule has 1 heterocycles. The topological polar surface area (TPSA) is 58.4 Å². The Kier molecular flexibility index (Phi) is 4.61. The van der Waals surface area contributed by atoms with Gasteiger partial charge in [0.2, 0.25) is 0 Å². The number of benzene rings is 2. The van der Waals surface area contributed by atoms with Crippen molar-refractivity contribution in [3.05, 3.63) is 58.7 Å². The first-order valence-electron chi connectivity index (χ1n) is 8.21. The maximum Gasteiger partial charge on any atom is 0.321 e. The second-order valence-electron chi connectivity index (χ2n) is 6.61. The predicted octanol–water partition coefficient (Wildman–Crippen LogP) is 3.55. The van der Waals surface area contributed by atoms with Crippen LogP contribution in [-0.4, -0.2) is 19.1 Å². The van der Waals surface area contributed by atoms with E-state index in [-0.39, 0.29) is 11.9 Å². The van der Waals surface area contributed by atoms with Gasteiger partial charge < -0.3 is 11.1 Å². The molecule has 3 N–H and O–H groups in total. The van der Waals surface area contributed by atoms with Gasteiger partial charge in [0.15, 0.2) is 0 Å². The highest BCUT2D eigenvalue weighted by molar-refractivity contribution is 5.94. The van der Waals surface area contributed by atoms with Gasteiger partial charge in [-0.2, -0.15) is 0 Å². The number of nitrogen functional groups attached to an aromatic ring is 1. The second-order valence-corrected chi connectivity index (χ2v) is 6.61. The monoisotopic (exact) mass is 345 g/mol. The fraction of sp³-hybridized carbons (Fsp3) is 0.316. The van der Waals surface area contributed by atoms with Crippen molar-refractivity contribution in [2.24, 2.45) is 5.92 Å². The predicted molar refractivity (Wildman–Crippen MR) is 94.6 cm³/mol. The van der Waals surface area contributed by atoms with Gasteiger partial charge in [-0.1, -0.05) is 6.07 Å². The van der Waals surface area contributed by atoms with Gasteiger partial charge >= 0.3 is 6.03 Å². The first kappa shape index (κ1) is 17.2. The number of nitrogens with zero attached hydrogens (tertiary/aromatic N) is 1. The summed E-state index contributed by atoms with van der Waals surface area (Å²) in [6.45, 7) is 4.75. The van der Waals surface area contributed by atoms with E-state index in [1.807, 2.05) is 26.0 Å². The van der Waals surface area contributed by atoms with Crippen LogP contribution in [0.4, 0.5) is 25.0 Å². The number of rotatable bonds is 3. The highest BCUT2D eigenvalue weighted by Gasteiger charge is 2.29. The lowest BCUT2D eigenvalue weighted by atomic mass is 9.95. The van der Waals surface area contributed by atoms with Crippen LogP contribution in [0.15, 0.2) is 30.3 Å². The van der Waals surface area contributed by atoms with Gasteiger partial charge in [0.25, 0.3) is 0 Å². The van der Waals surface area contributed by atoms with Gasteiger partial charge in [0.05, 0.1) is 5.69 Å². The summed E-state index contributed by atoms with van der Waals surface area (Å²) in [7, 11) is 0. The number of carbonyl (C=O) groups excluding carboxylic acids is 1. The molecule has 1 aliphatic heterocycles. The summed E-state index contributed by atoms with van der Waals surface area (Å²) >= 11 is 0. The van der Waals surface area contributed by atoms with Crippen LogP contribution >= 0.6 is 0 Å². The number of nitrogens with one attached hydrogen (secondary N) is 1. The summed E-state index contributed by atoms with van der Waals surface area (Å²) in [6, 6.07) is 7.10. The van der Waals surface area contributed by atoms with Crippen LogP contribution in [0.3, 0.4) is 0 Å². The third-order valence-electron chi connectivity index (χ3n) is 4.53. The molecule has 0 bridgehead atoms. The van der Waals surface area contributed by atoms with E-state index in [0.717, 1.165) is 22.9 Å². The minimum absolute atomic E-state index is 0.0222. The molecule has 0 aromatic heterocycles. The van der Waals surface area contributed by atoms with Gasteiger partial charge in [-0.25, -0.2) is 13.6 Å². The molecule has 6 heteroatoms. The summed E-state index contributed by atoms with van der Waals surface area (Å²) in [5.41, 5.74) is 9.63. The number of aryl methyl sites for hydroxylation is 2. The van der Waals surface area contributed by atoms with Crippen LogP contribution < -0.4 is 16.0 Å². The molecular weight excluding hydrogens is 324 g/mol. The van der Waals surface area contributed by atoms with Crippen LogP contribution in [-0.2, 0) is 6.42 Å². The van der Waals surface area contributed by atoms with Crippen molar-refractivity contribution in [1.29, 1.82) is 0 Å². The van der Waals surface area contributed by atoms with Gasteiger partial charge in [-0.05, 0) is 61.1 Å². The van der Waals surface area contributed by atoms with Crippen LogP contribution in [0.25, 0.3) is 0 Å². The van der Waals surface area contributed by atoms with Gasteiger partial charge in [0, 0.05) is 24.8 Å². The number of carbonyl (C=O) groups is 1. The third kappa shape index (κ3) is 3.57. The van der Waals surface area contributed by atoms with E-state index in [0.29, 0.717) is 30.8 Å². The quantitative estimate of drug-likeness (QED) is 0.836. The highest BCUT2D eigenvalue weighted by atomic mass is 19.1. The van der Waals surface area contributed by atoms with Crippen molar-refractivity contribution < 1.29 is 13.6 Å². The first-order valence-corrected chi connectivity index (χ1v) is 8.21. The molecule has 0 aliphatic carbocycles. The fourth-order valence-corrected chi connectivity index (χ4v) is 3.48. The van der Waals surface area contributed by atoms with Crippen molar-refractivity contribution in [1.82, 2.24) is 5.32 Å². The average molecular weight is 345 g/mol. The smallest absolute Gasteiger partial charge is 0.321 e. The second kappa shape index (κ2) is 6.70. The van der Waals surface area contributed by atoms with Crippen LogP contribution in [0.5, 0.6) is 0 Å². The number of urea groups is 1. The molecule has 132 valence electrons. The maximum absolute atomic E-state index is 13.9. The molecule has 2 amide bonds. The highest BCUT2D eigenvalue weighted by Crippen LogP contribution is 2.30. The Bertz CT molecular complexity index is 799. The van der Waals surface area contributed by atoms with Crippen molar-refractivity contribution in [3.8, 4) is 0 Å². The van der Waals surface area contributed by atoms with Crippen molar-refractivity contribution in [3.63, 3.8) is 0 Å². The Morgan fingerprint density at radius 2 is 1.88 bits per heavy atom. The summed E-state index contributed by atoms with van der Waals surface area (Å²) in [4.78, 5) is 14.0. The zero-order valence-electron chi connectivity index (χ0n) is 14.3. The molecule has 1 unspecified atom stereocenters. The van der Waals surface area contributed by atoms with Gasteiger partial charge in [-0.3, -0.25) is 4.90 Å². The van der Waals surface area contributed by atoms with Gasteiger partial charge in [0.1, 0.15) is 11.6 Å². The molecule has 0 spiro atoms. The minimum atomic E-state index is -0.590. The molecule has 2 aromatic carbocycles. The van der Waals surface area contributed by atoms with Crippen molar-refractivity contribution in [2.45, 2.75) is 20.3 Å². The Morgan fingerprint density at radius 3 is 2.52 bits per heavy atom. The molecular formula is C19H21F2N3O. The average Bonchev–Trinajstić information content (AvgIpc) is 2.52. The lowest BCUT2D eigenvalue weighted by molar-refractivity contribution is 0.236. The maximum atomic E-state index is 13.9. The molecule has 0 radical (unpaired) electrons. The number of amides is 2. The van der Waals surface area contributed by atoms with E-state index in [1.165, 1.54) is 12.1 Å². The molecule has 1 atom stereocenters. The summed E-state index contributed by atoms with van der Waals surface area (Å²) in [5, 5.41) is 2.86. The molecule has 2 aromatic rings. The molecule has 25 heavy (non-hydrogen) atoms. The summed E-state index contributed by atoms with van der Waals surface area (Å²) in [5.74, 6) is -1.12. The minimum Gasteiger partial charge on any atom is -0.399 e. The van der Waals surface area contributed by atoms with E-state index < -0.39 is 11.6 Å². The molecule has 3 rings (SSSR count). The number of hydrogen-bond acceptors (Lipinski definition) is 2. The Balaban J connectivity index is 1.84. The fourth-order valence-electron chi connectivity index (χ4n) is 3.48. The summed E-state index contributed by atoms with van der Waals surface area (Å²) < 4.78 is 27.0. The Morgan fingerprint density at radius 1 is 1.20 bits per heavy atom. The van der Waals surface area contributed by atoms with Crippen LogP contribution in [0.2, 0.25) is 0 Å². The van der Waals surface area contributed by atoms with Gasteiger partial charge in [-0.15, -0.1) is 0 Å². The molecule has 0 saturated carbocycles. The molecule has 1 fully saturated rings. The SMILES string of the molecule is Cc1cc(N)cc(C)c1N1CC(Cc2ccc(F)cc2F)CNC1=O. The Hall–Kier alpha value is -2.63. The Labute approximate surface area is 145 Å². The van der Waals surface area contributed by atoms with E-state index >= 15 is 0 Å². The molecule has 1 aliphatic rings. The lowest BCUT2D eigenvalue weighted by Gasteiger charge is -2.35. The zero-order chi connectivity index (χ0) is 18.1. The van der Waals surface area contributed by atoms with E-state index in [4.69, 9.17) is 5.73 Å². The number of hydrogen-bond donors (Lipinski definition) is 2. The van der Waals surface area contributed by atoms with Crippen LogP contribution in [0, 0.1) is 31.4 Å². The summed E-state index contributed by atoms with van der Waals surface area (Å²) in [6.07, 6.45) is 0.427. The van der Waals surface area contributed by atoms with E-state index in [2.05, 4.69) is 5.32 Å². The molecule has 1 saturated heterocycles. The normalized spacial score (nSPS) is 17.5. The number of nitrogens with two attached hydrogens (primary N) is 1. The van der Waals surface area contributed by atoms with Crippen molar-refractivity contribution in [2.75, 3.05) is 23.7 Å². The first-order chi connectivity index (χ1) is 11.8. The van der Waals surface area contributed by atoms with E-state index in [9.17, 15) is 13.6 Å². The largest absolute Gasteiger partial charge is 0.399 e. The standard InChI is InChI=1S/C19H21F2N3O/c1-11-5-16(22)6-12(2)18(11)24-10-13(9-23-19(24)25)7-14-3-4-15(20)8-17(14)21/h3-6,8,13H,7,9-10,22H2,1-2H3,(H,23,25). The van der Waals surface area contributed by atoms with Crippen LogP contribution in [0.1, 0.15) is 16.7 Å². The van der Waals surface area contributed by atoms with E-state index in [1.54, 1.807) is 4.90 Å². The lowest BCUT2D eigenvalue weighted by Crippen LogP contribution is -2.52. The zero-order valence-corrected chi connectivity index (χ0v) is 14.3. The molecule has 4 nitrogen and oxygen atoms in total. The number of anilines is 2. The number of halogens is 2. The van der Waals surface area contributed by atoms with Crippen molar-refractivity contribution >= 4 is 17.4 Å².